The molecule has 112 valence electrons. The molecule has 1 aromatic rings. The zero-order valence-corrected chi connectivity index (χ0v) is 11.7. The second kappa shape index (κ2) is 6.57. The molecule has 0 spiro atoms. The van der Waals surface area contributed by atoms with Crippen LogP contribution in [0.4, 0.5) is 8.78 Å². The summed E-state index contributed by atoms with van der Waals surface area (Å²) in [6.45, 7) is 2.19. The van der Waals surface area contributed by atoms with E-state index in [-0.39, 0.29) is 13.0 Å². The number of rotatable bonds is 5. The van der Waals surface area contributed by atoms with E-state index in [1.807, 2.05) is 0 Å². The summed E-state index contributed by atoms with van der Waals surface area (Å²) in [7, 11) is -3.52. The van der Waals surface area contributed by atoms with Gasteiger partial charge in [-0.25, -0.2) is 13.5 Å². The van der Waals surface area contributed by atoms with E-state index in [0.717, 1.165) is 6.07 Å². The molecule has 0 radical (unpaired) electrons. The molecule has 0 aliphatic carbocycles. The Bertz CT molecular complexity index is 540. The van der Waals surface area contributed by atoms with Crippen molar-refractivity contribution in [2.75, 3.05) is 32.7 Å². The fourth-order valence-electron chi connectivity index (χ4n) is 2.06. The number of hydrogen-bond acceptors (Lipinski definition) is 3. The quantitative estimate of drug-likeness (QED) is 0.819. The molecule has 1 heterocycles. The van der Waals surface area contributed by atoms with E-state index in [2.05, 4.69) is 10.0 Å². The zero-order valence-electron chi connectivity index (χ0n) is 10.9. The van der Waals surface area contributed by atoms with Gasteiger partial charge in [0.25, 0.3) is 10.2 Å². The first-order chi connectivity index (χ1) is 9.47. The van der Waals surface area contributed by atoms with E-state index in [9.17, 15) is 17.2 Å². The Morgan fingerprint density at radius 3 is 2.35 bits per heavy atom. The van der Waals surface area contributed by atoms with Crippen molar-refractivity contribution in [1.29, 1.82) is 0 Å². The molecule has 0 atom stereocenters. The topological polar surface area (TPSA) is 61.4 Å². The second-order valence-electron chi connectivity index (χ2n) is 4.58. The van der Waals surface area contributed by atoms with Crippen molar-refractivity contribution >= 4 is 10.2 Å². The monoisotopic (exact) mass is 305 g/mol. The average Bonchev–Trinajstić information content (AvgIpc) is 2.38. The maximum Gasteiger partial charge on any atom is 0.279 e. The van der Waals surface area contributed by atoms with Crippen molar-refractivity contribution in [3.63, 3.8) is 0 Å². The summed E-state index contributed by atoms with van der Waals surface area (Å²) in [4.78, 5) is 0. The van der Waals surface area contributed by atoms with Gasteiger partial charge >= 0.3 is 0 Å². The van der Waals surface area contributed by atoms with Crippen LogP contribution in [0.15, 0.2) is 18.2 Å². The van der Waals surface area contributed by atoms with Gasteiger partial charge < -0.3 is 5.32 Å². The molecule has 2 N–H and O–H groups in total. The molecule has 0 aromatic heterocycles. The van der Waals surface area contributed by atoms with Crippen LogP contribution in [0.25, 0.3) is 0 Å². The minimum Gasteiger partial charge on any atom is -0.314 e. The van der Waals surface area contributed by atoms with Gasteiger partial charge in [-0.1, -0.05) is 0 Å². The van der Waals surface area contributed by atoms with Gasteiger partial charge in [0.2, 0.25) is 0 Å². The van der Waals surface area contributed by atoms with Gasteiger partial charge in [0.15, 0.2) is 0 Å². The van der Waals surface area contributed by atoms with Crippen LogP contribution >= 0.6 is 0 Å². The number of hydrogen-bond donors (Lipinski definition) is 2. The number of halogens is 2. The molecule has 1 aliphatic heterocycles. The fourth-order valence-corrected chi connectivity index (χ4v) is 3.26. The Hall–Kier alpha value is -1.09. The van der Waals surface area contributed by atoms with Crippen molar-refractivity contribution in [1.82, 2.24) is 14.3 Å². The molecule has 1 aromatic carbocycles. The average molecular weight is 305 g/mol. The number of piperazine rings is 1. The van der Waals surface area contributed by atoms with Crippen LogP contribution in [0, 0.1) is 11.6 Å². The van der Waals surface area contributed by atoms with Crippen LogP contribution in [0.1, 0.15) is 5.56 Å². The molecule has 0 bridgehead atoms. The lowest BCUT2D eigenvalue weighted by atomic mass is 10.1. The molecule has 8 heteroatoms. The molecule has 1 aliphatic rings. The van der Waals surface area contributed by atoms with E-state index in [1.165, 1.54) is 16.4 Å². The molecular weight excluding hydrogens is 288 g/mol. The lowest BCUT2D eigenvalue weighted by Gasteiger charge is -2.26. The first-order valence-corrected chi connectivity index (χ1v) is 7.82. The summed E-state index contributed by atoms with van der Waals surface area (Å²) in [6.07, 6.45) is 0.236. The van der Waals surface area contributed by atoms with Crippen molar-refractivity contribution in [3.05, 3.63) is 35.4 Å². The minimum atomic E-state index is -3.52. The van der Waals surface area contributed by atoms with Crippen LogP contribution < -0.4 is 10.0 Å². The van der Waals surface area contributed by atoms with Crippen molar-refractivity contribution in [3.8, 4) is 0 Å². The van der Waals surface area contributed by atoms with Crippen LogP contribution in [0.3, 0.4) is 0 Å². The fraction of sp³-hybridized carbons (Fsp3) is 0.500. The summed E-state index contributed by atoms with van der Waals surface area (Å²) in [6, 6.07) is 3.18. The Labute approximate surface area is 117 Å². The SMILES string of the molecule is O=S(=O)(NCCc1cc(F)cc(F)c1)N1CCNCC1. The number of nitrogens with one attached hydrogen (secondary N) is 2. The van der Waals surface area contributed by atoms with Crippen LogP contribution in [0.5, 0.6) is 0 Å². The van der Waals surface area contributed by atoms with Gasteiger partial charge in [-0.15, -0.1) is 0 Å². The lowest BCUT2D eigenvalue weighted by Crippen LogP contribution is -2.50. The number of benzene rings is 1. The number of nitrogens with zero attached hydrogens (tertiary/aromatic N) is 1. The third-order valence-corrected chi connectivity index (χ3v) is 4.65. The van der Waals surface area contributed by atoms with Gasteiger partial charge in [-0.05, 0) is 24.1 Å². The first-order valence-electron chi connectivity index (χ1n) is 6.38. The van der Waals surface area contributed by atoms with Gasteiger partial charge in [0, 0.05) is 38.8 Å². The maximum absolute atomic E-state index is 13.0. The predicted molar refractivity (Wildman–Crippen MR) is 71.4 cm³/mol. The first kappa shape index (κ1) is 15.3. The van der Waals surface area contributed by atoms with Crippen molar-refractivity contribution in [2.45, 2.75) is 6.42 Å². The van der Waals surface area contributed by atoms with Crippen LogP contribution in [-0.2, 0) is 16.6 Å². The molecule has 2 rings (SSSR count). The van der Waals surface area contributed by atoms with Gasteiger partial charge in [-0.3, -0.25) is 0 Å². The Balaban J connectivity index is 1.88. The summed E-state index contributed by atoms with van der Waals surface area (Å²) >= 11 is 0. The molecule has 1 saturated heterocycles. The van der Waals surface area contributed by atoms with Gasteiger partial charge in [0.1, 0.15) is 11.6 Å². The third kappa shape index (κ3) is 4.20. The van der Waals surface area contributed by atoms with Crippen molar-refractivity contribution < 1.29 is 17.2 Å². The predicted octanol–water partition coefficient (Wildman–Crippen LogP) is 0.247. The third-order valence-electron chi connectivity index (χ3n) is 3.04. The Kier molecular flexibility index (Phi) is 5.03. The van der Waals surface area contributed by atoms with E-state index in [1.54, 1.807) is 0 Å². The van der Waals surface area contributed by atoms with E-state index >= 15 is 0 Å². The lowest BCUT2D eigenvalue weighted by molar-refractivity contribution is 0.355. The standard InChI is InChI=1S/C12H17F2N3O2S/c13-11-7-10(8-12(14)9-11)1-2-16-20(18,19)17-5-3-15-4-6-17/h7-9,15-16H,1-6H2. The minimum absolute atomic E-state index is 0.106. The van der Waals surface area contributed by atoms with E-state index in [4.69, 9.17) is 0 Å². The summed E-state index contributed by atoms with van der Waals surface area (Å²) in [5.74, 6) is -1.32. The van der Waals surface area contributed by atoms with Crippen LogP contribution in [-0.4, -0.2) is 45.4 Å². The normalized spacial score (nSPS) is 17.3. The van der Waals surface area contributed by atoms with Gasteiger partial charge in [0.05, 0.1) is 0 Å². The van der Waals surface area contributed by atoms with Gasteiger partial charge in [-0.2, -0.15) is 12.7 Å². The summed E-state index contributed by atoms with van der Waals surface area (Å²) in [5.41, 5.74) is 0.422. The molecule has 1 fully saturated rings. The molecule has 0 amide bonds. The molecule has 0 unspecified atom stereocenters. The van der Waals surface area contributed by atoms with Crippen molar-refractivity contribution in [2.24, 2.45) is 0 Å². The Morgan fingerprint density at radius 2 is 1.75 bits per heavy atom. The maximum atomic E-state index is 13.0. The summed E-state index contributed by atoms with van der Waals surface area (Å²) in [5, 5.41) is 3.06. The highest BCUT2D eigenvalue weighted by molar-refractivity contribution is 7.87. The van der Waals surface area contributed by atoms with E-state index < -0.39 is 21.8 Å². The Morgan fingerprint density at radius 1 is 1.15 bits per heavy atom. The molecular formula is C12H17F2N3O2S. The molecule has 0 saturated carbocycles. The highest BCUT2D eigenvalue weighted by Crippen LogP contribution is 2.08. The highest BCUT2D eigenvalue weighted by atomic mass is 32.2. The second-order valence-corrected chi connectivity index (χ2v) is 6.33. The van der Waals surface area contributed by atoms with E-state index in [0.29, 0.717) is 31.7 Å². The van der Waals surface area contributed by atoms with Crippen LogP contribution in [0.2, 0.25) is 0 Å². The molecule has 5 nitrogen and oxygen atoms in total. The zero-order chi connectivity index (χ0) is 14.6. The molecule has 20 heavy (non-hydrogen) atoms. The smallest absolute Gasteiger partial charge is 0.279 e. The highest BCUT2D eigenvalue weighted by Gasteiger charge is 2.22. The summed E-state index contributed by atoms with van der Waals surface area (Å²) < 4.78 is 53.7. The largest absolute Gasteiger partial charge is 0.314 e.